The van der Waals surface area contributed by atoms with Crippen LogP contribution in [0.15, 0.2) is 58.2 Å². The Bertz CT molecular complexity index is 890. The van der Waals surface area contributed by atoms with Crippen LogP contribution in [0.1, 0.15) is 45.8 Å². The first-order chi connectivity index (χ1) is 12.5. The molecule has 1 aromatic heterocycles. The van der Waals surface area contributed by atoms with E-state index in [1.807, 2.05) is 50.2 Å². The fraction of sp³-hybridized carbons (Fsp3) is 0.286. The molecule has 0 radical (unpaired) electrons. The van der Waals surface area contributed by atoms with E-state index < -0.39 is 0 Å². The first-order valence-corrected chi connectivity index (χ1v) is 9.62. The molecule has 3 aromatic rings. The van der Waals surface area contributed by atoms with E-state index >= 15 is 0 Å². The minimum Gasteiger partial charge on any atom is -0.416 e. The van der Waals surface area contributed by atoms with E-state index in [4.69, 9.17) is 4.42 Å². The number of benzene rings is 2. The number of aromatic nitrogens is 2. The average Bonchev–Trinajstić information content (AvgIpc) is 3.10. The molecule has 1 heterocycles. The third-order valence-corrected chi connectivity index (χ3v) is 5.27. The summed E-state index contributed by atoms with van der Waals surface area (Å²) in [6.45, 7) is 6.18. The van der Waals surface area contributed by atoms with Gasteiger partial charge < -0.3 is 4.42 Å². The van der Waals surface area contributed by atoms with Gasteiger partial charge >= 0.3 is 0 Å². The summed E-state index contributed by atoms with van der Waals surface area (Å²) >= 11 is 1.29. The number of rotatable bonds is 7. The van der Waals surface area contributed by atoms with Crippen LogP contribution in [0.25, 0.3) is 0 Å². The SMILES string of the molecule is Cc1ccc(C(=O)CSc2nnc(CC(C)c3ccccc3)o2)cc1C. The zero-order valence-corrected chi connectivity index (χ0v) is 16.0. The Labute approximate surface area is 158 Å². The second-order valence-corrected chi connectivity index (χ2v) is 7.42. The lowest BCUT2D eigenvalue weighted by atomic mass is 9.98. The fourth-order valence-corrected chi connectivity index (χ4v) is 3.34. The van der Waals surface area contributed by atoms with Crippen LogP contribution in [-0.4, -0.2) is 21.7 Å². The zero-order valence-electron chi connectivity index (χ0n) is 15.2. The van der Waals surface area contributed by atoms with Crippen molar-refractivity contribution < 1.29 is 9.21 Å². The van der Waals surface area contributed by atoms with Gasteiger partial charge in [0.25, 0.3) is 5.22 Å². The Morgan fingerprint density at radius 3 is 2.58 bits per heavy atom. The van der Waals surface area contributed by atoms with Crippen LogP contribution in [0.2, 0.25) is 0 Å². The third kappa shape index (κ3) is 4.61. The minimum atomic E-state index is 0.0653. The van der Waals surface area contributed by atoms with E-state index in [-0.39, 0.29) is 5.78 Å². The van der Waals surface area contributed by atoms with Gasteiger partial charge in [-0.3, -0.25) is 4.79 Å². The second-order valence-electron chi connectivity index (χ2n) is 6.49. The van der Waals surface area contributed by atoms with Crippen LogP contribution in [0.4, 0.5) is 0 Å². The minimum absolute atomic E-state index is 0.0653. The quantitative estimate of drug-likeness (QED) is 0.435. The molecule has 2 aromatic carbocycles. The topological polar surface area (TPSA) is 56.0 Å². The summed E-state index contributed by atoms with van der Waals surface area (Å²) in [5.41, 5.74) is 4.27. The van der Waals surface area contributed by atoms with Gasteiger partial charge in [-0.2, -0.15) is 0 Å². The van der Waals surface area contributed by atoms with Gasteiger partial charge in [0, 0.05) is 12.0 Å². The Kier molecular flexibility index (Phi) is 5.89. The highest BCUT2D eigenvalue weighted by Gasteiger charge is 2.14. The number of nitrogens with zero attached hydrogens (tertiary/aromatic N) is 2. The molecule has 4 nitrogen and oxygen atoms in total. The van der Waals surface area contributed by atoms with E-state index in [0.717, 1.165) is 11.1 Å². The molecule has 134 valence electrons. The molecule has 0 saturated carbocycles. The number of carbonyl (C=O) groups is 1. The lowest BCUT2D eigenvalue weighted by Gasteiger charge is -2.08. The number of ketones is 1. The number of carbonyl (C=O) groups excluding carboxylic acids is 1. The monoisotopic (exact) mass is 366 g/mol. The summed E-state index contributed by atoms with van der Waals surface area (Å²) in [4.78, 5) is 12.3. The fourth-order valence-electron chi connectivity index (χ4n) is 2.67. The molecule has 0 bridgehead atoms. The van der Waals surface area contributed by atoms with Crippen molar-refractivity contribution in [2.75, 3.05) is 5.75 Å². The van der Waals surface area contributed by atoms with E-state index in [1.165, 1.54) is 22.9 Å². The molecule has 1 atom stereocenters. The molecule has 1 unspecified atom stereocenters. The summed E-state index contributed by atoms with van der Waals surface area (Å²) < 4.78 is 5.69. The van der Waals surface area contributed by atoms with Gasteiger partial charge in [-0.1, -0.05) is 61.2 Å². The van der Waals surface area contributed by atoms with Crippen LogP contribution in [0.5, 0.6) is 0 Å². The number of hydrogen-bond donors (Lipinski definition) is 0. The molecule has 26 heavy (non-hydrogen) atoms. The molecular weight excluding hydrogens is 344 g/mol. The average molecular weight is 366 g/mol. The normalized spacial score (nSPS) is 12.1. The molecule has 0 fully saturated rings. The van der Waals surface area contributed by atoms with E-state index in [2.05, 4.69) is 29.3 Å². The molecule has 0 amide bonds. The van der Waals surface area contributed by atoms with Gasteiger partial charge in [0.15, 0.2) is 5.78 Å². The molecule has 0 saturated heterocycles. The lowest BCUT2D eigenvalue weighted by molar-refractivity contribution is 0.102. The molecule has 0 aliphatic rings. The van der Waals surface area contributed by atoms with Gasteiger partial charge in [0.1, 0.15) is 0 Å². The number of Topliss-reactive ketones (excluding diaryl/α,β-unsaturated/α-hetero) is 1. The van der Waals surface area contributed by atoms with Crippen molar-refractivity contribution in [1.29, 1.82) is 0 Å². The number of hydrogen-bond acceptors (Lipinski definition) is 5. The van der Waals surface area contributed by atoms with Crippen molar-refractivity contribution >= 4 is 17.5 Å². The van der Waals surface area contributed by atoms with E-state index in [0.29, 0.717) is 29.2 Å². The lowest BCUT2D eigenvalue weighted by Crippen LogP contribution is -2.03. The smallest absolute Gasteiger partial charge is 0.277 e. The Hall–Kier alpha value is -2.40. The van der Waals surface area contributed by atoms with Crippen LogP contribution >= 0.6 is 11.8 Å². The van der Waals surface area contributed by atoms with Gasteiger partial charge in [-0.05, 0) is 42.5 Å². The molecule has 5 heteroatoms. The summed E-state index contributed by atoms with van der Waals surface area (Å²) in [5.74, 6) is 1.25. The molecule has 3 rings (SSSR count). The number of aryl methyl sites for hydroxylation is 2. The van der Waals surface area contributed by atoms with Gasteiger partial charge in [0.2, 0.25) is 5.89 Å². The largest absolute Gasteiger partial charge is 0.416 e. The van der Waals surface area contributed by atoms with Crippen molar-refractivity contribution in [3.63, 3.8) is 0 Å². The van der Waals surface area contributed by atoms with Gasteiger partial charge in [0.05, 0.1) is 5.75 Å². The maximum atomic E-state index is 12.3. The molecule has 0 aliphatic heterocycles. The van der Waals surface area contributed by atoms with Crippen molar-refractivity contribution in [3.8, 4) is 0 Å². The van der Waals surface area contributed by atoms with Crippen molar-refractivity contribution in [1.82, 2.24) is 10.2 Å². The van der Waals surface area contributed by atoms with Gasteiger partial charge in [-0.25, -0.2) is 0 Å². The Balaban J connectivity index is 1.56. The van der Waals surface area contributed by atoms with Crippen LogP contribution < -0.4 is 0 Å². The summed E-state index contributed by atoms with van der Waals surface area (Å²) in [7, 11) is 0. The molecule has 0 aliphatic carbocycles. The number of thioether (sulfide) groups is 1. The van der Waals surface area contributed by atoms with E-state index in [9.17, 15) is 4.79 Å². The van der Waals surface area contributed by atoms with E-state index in [1.54, 1.807) is 0 Å². The predicted octanol–water partition coefficient (Wildman–Crippen LogP) is 5.01. The Morgan fingerprint density at radius 2 is 1.85 bits per heavy atom. The van der Waals surface area contributed by atoms with Crippen molar-refractivity contribution in [2.45, 2.75) is 38.3 Å². The standard InChI is InChI=1S/C21H22N2O2S/c1-14-9-10-18(11-15(14)2)19(24)13-26-21-23-22-20(25-21)12-16(3)17-7-5-4-6-8-17/h4-11,16H,12-13H2,1-3H3. The third-order valence-electron chi connectivity index (χ3n) is 4.45. The predicted molar refractivity (Wildman–Crippen MR) is 104 cm³/mol. The first kappa shape index (κ1) is 18.4. The highest BCUT2D eigenvalue weighted by Crippen LogP contribution is 2.23. The summed E-state index contributed by atoms with van der Waals surface area (Å²) in [6.07, 6.45) is 0.683. The summed E-state index contributed by atoms with van der Waals surface area (Å²) in [5, 5.41) is 8.61. The first-order valence-electron chi connectivity index (χ1n) is 8.63. The van der Waals surface area contributed by atoms with Crippen LogP contribution in [0.3, 0.4) is 0 Å². The second kappa shape index (κ2) is 8.32. The molecule has 0 N–H and O–H groups in total. The maximum absolute atomic E-state index is 12.3. The maximum Gasteiger partial charge on any atom is 0.277 e. The molecule has 0 spiro atoms. The summed E-state index contributed by atoms with van der Waals surface area (Å²) in [6, 6.07) is 16.0. The van der Waals surface area contributed by atoms with Crippen molar-refractivity contribution in [3.05, 3.63) is 76.7 Å². The van der Waals surface area contributed by atoms with Crippen LogP contribution in [-0.2, 0) is 6.42 Å². The zero-order chi connectivity index (χ0) is 18.5. The van der Waals surface area contributed by atoms with Gasteiger partial charge in [-0.15, -0.1) is 10.2 Å². The Morgan fingerprint density at radius 1 is 1.08 bits per heavy atom. The van der Waals surface area contributed by atoms with Crippen LogP contribution in [0, 0.1) is 13.8 Å². The highest BCUT2D eigenvalue weighted by atomic mass is 32.2. The highest BCUT2D eigenvalue weighted by molar-refractivity contribution is 7.99. The van der Waals surface area contributed by atoms with Crippen molar-refractivity contribution in [2.24, 2.45) is 0 Å². The molecular formula is C21H22N2O2S.